The second-order valence-electron chi connectivity index (χ2n) is 7.03. The van der Waals surface area contributed by atoms with Crippen molar-refractivity contribution in [3.63, 3.8) is 0 Å². The van der Waals surface area contributed by atoms with Gasteiger partial charge in [0.15, 0.2) is 11.6 Å². The normalized spacial score (nSPS) is 15.5. The molecule has 0 spiro atoms. The SMILES string of the molecule is CCc1c(C#N)c(Sc2ccc(CC(N)=O)c(F)c2F)nc(N2CC[C@H](O)C2)c1C#N. The average molecular weight is 443 g/mol. The Kier molecular flexibility index (Phi) is 6.74. The van der Waals surface area contributed by atoms with Crippen LogP contribution in [0.2, 0.25) is 0 Å². The smallest absolute Gasteiger partial charge is 0.221 e. The number of halogens is 2. The molecule has 0 bridgehead atoms. The van der Waals surface area contributed by atoms with Crippen LogP contribution in [-0.2, 0) is 17.6 Å². The summed E-state index contributed by atoms with van der Waals surface area (Å²) in [6.45, 7) is 2.55. The van der Waals surface area contributed by atoms with Crippen molar-refractivity contribution in [1.29, 1.82) is 10.5 Å². The van der Waals surface area contributed by atoms with Crippen LogP contribution in [-0.4, -0.2) is 35.2 Å². The van der Waals surface area contributed by atoms with Gasteiger partial charge in [-0.2, -0.15) is 10.5 Å². The number of hydrogen-bond acceptors (Lipinski definition) is 7. The average Bonchev–Trinajstić information content (AvgIpc) is 3.18. The van der Waals surface area contributed by atoms with E-state index in [1.807, 2.05) is 6.07 Å². The first kappa shape index (κ1) is 22.5. The Morgan fingerprint density at radius 2 is 2.03 bits per heavy atom. The third-order valence-corrected chi connectivity index (χ3v) is 6.01. The Morgan fingerprint density at radius 1 is 1.32 bits per heavy atom. The van der Waals surface area contributed by atoms with Gasteiger partial charge in [-0.15, -0.1) is 0 Å². The van der Waals surface area contributed by atoms with Crippen LogP contribution in [0.25, 0.3) is 0 Å². The van der Waals surface area contributed by atoms with Gasteiger partial charge < -0.3 is 15.7 Å². The fraction of sp³-hybridized carbons (Fsp3) is 0.333. The first-order chi connectivity index (χ1) is 14.8. The Labute approximate surface area is 182 Å². The van der Waals surface area contributed by atoms with E-state index in [0.717, 1.165) is 11.8 Å². The number of β-amino-alcohol motifs (C(OH)–C–C–N with tert-alkyl or cyclic N) is 1. The van der Waals surface area contributed by atoms with Crippen molar-refractivity contribution < 1.29 is 18.7 Å². The number of pyridine rings is 1. The lowest BCUT2D eigenvalue weighted by Gasteiger charge is -2.21. The van der Waals surface area contributed by atoms with Crippen molar-refractivity contribution >= 4 is 23.5 Å². The predicted octanol–water partition coefficient (Wildman–Crippen LogP) is 2.42. The van der Waals surface area contributed by atoms with Crippen LogP contribution in [0.4, 0.5) is 14.6 Å². The summed E-state index contributed by atoms with van der Waals surface area (Å²) < 4.78 is 29.0. The van der Waals surface area contributed by atoms with Crippen LogP contribution in [0.3, 0.4) is 0 Å². The summed E-state index contributed by atoms with van der Waals surface area (Å²) in [5.74, 6) is -2.84. The van der Waals surface area contributed by atoms with E-state index in [1.165, 1.54) is 12.1 Å². The Morgan fingerprint density at radius 3 is 2.58 bits per heavy atom. The molecular weight excluding hydrogens is 424 g/mol. The third kappa shape index (κ3) is 4.46. The van der Waals surface area contributed by atoms with Gasteiger partial charge in [0.25, 0.3) is 0 Å². The lowest BCUT2D eigenvalue weighted by atomic mass is 10.0. The first-order valence-corrected chi connectivity index (χ1v) is 10.3. The molecule has 0 radical (unpaired) electrons. The number of nitriles is 2. The quantitative estimate of drug-likeness (QED) is 0.702. The van der Waals surface area contributed by atoms with E-state index in [4.69, 9.17) is 5.73 Å². The highest BCUT2D eigenvalue weighted by atomic mass is 32.2. The summed E-state index contributed by atoms with van der Waals surface area (Å²) in [7, 11) is 0. The summed E-state index contributed by atoms with van der Waals surface area (Å²) >= 11 is 0.766. The number of carbonyl (C=O) groups excluding carboxylic acids is 1. The van der Waals surface area contributed by atoms with Crippen molar-refractivity contribution in [2.75, 3.05) is 18.0 Å². The van der Waals surface area contributed by atoms with Crippen LogP contribution < -0.4 is 10.6 Å². The lowest BCUT2D eigenvalue weighted by Crippen LogP contribution is -2.24. The van der Waals surface area contributed by atoms with Crippen molar-refractivity contribution in [3.05, 3.63) is 46.0 Å². The molecule has 2 aromatic rings. The van der Waals surface area contributed by atoms with Crippen LogP contribution in [0.15, 0.2) is 22.1 Å². The number of aromatic nitrogens is 1. The molecule has 160 valence electrons. The molecule has 2 heterocycles. The number of rotatable bonds is 6. The number of nitrogens with zero attached hydrogens (tertiary/aromatic N) is 4. The summed E-state index contributed by atoms with van der Waals surface area (Å²) in [6, 6.07) is 6.69. The van der Waals surface area contributed by atoms with Crippen LogP contribution in [0, 0.1) is 34.3 Å². The molecule has 1 saturated heterocycles. The second-order valence-corrected chi connectivity index (χ2v) is 8.06. The minimum absolute atomic E-state index is 0.117. The number of benzene rings is 1. The molecule has 7 nitrogen and oxygen atoms in total. The lowest BCUT2D eigenvalue weighted by molar-refractivity contribution is -0.117. The topological polar surface area (TPSA) is 127 Å². The number of carbonyl (C=O) groups is 1. The van der Waals surface area contributed by atoms with Gasteiger partial charge in [-0.1, -0.05) is 24.8 Å². The number of aliphatic hydroxyl groups excluding tert-OH is 1. The summed E-state index contributed by atoms with van der Waals surface area (Å²) in [5, 5.41) is 29.4. The van der Waals surface area contributed by atoms with Crippen LogP contribution >= 0.6 is 11.8 Å². The molecule has 0 aliphatic carbocycles. The van der Waals surface area contributed by atoms with Gasteiger partial charge in [0.05, 0.1) is 28.5 Å². The summed E-state index contributed by atoms with van der Waals surface area (Å²) in [6.07, 6.45) is -0.125. The molecule has 0 saturated carbocycles. The fourth-order valence-corrected chi connectivity index (χ4v) is 4.43. The van der Waals surface area contributed by atoms with Gasteiger partial charge in [-0.05, 0) is 24.5 Å². The molecule has 1 amide bonds. The molecular formula is C21H19F2N5O2S. The van der Waals surface area contributed by atoms with Crippen molar-refractivity contribution in [2.24, 2.45) is 5.73 Å². The van der Waals surface area contributed by atoms with Gasteiger partial charge in [-0.25, -0.2) is 13.8 Å². The number of nitrogens with two attached hydrogens (primary N) is 1. The Hall–Kier alpha value is -3.21. The van der Waals surface area contributed by atoms with Crippen molar-refractivity contribution in [2.45, 2.75) is 42.2 Å². The zero-order chi connectivity index (χ0) is 22.7. The Balaban J connectivity index is 2.11. The van der Waals surface area contributed by atoms with Gasteiger partial charge >= 0.3 is 0 Å². The van der Waals surface area contributed by atoms with Crippen LogP contribution in [0.5, 0.6) is 0 Å². The maximum Gasteiger partial charge on any atom is 0.221 e. The number of anilines is 1. The molecule has 1 aromatic carbocycles. The fourth-order valence-electron chi connectivity index (χ4n) is 3.50. The van der Waals surface area contributed by atoms with E-state index in [-0.39, 0.29) is 33.2 Å². The molecule has 1 fully saturated rings. The second kappa shape index (κ2) is 9.29. The molecule has 1 aliphatic heterocycles. The van der Waals surface area contributed by atoms with E-state index >= 15 is 0 Å². The molecule has 0 unspecified atom stereocenters. The highest BCUT2D eigenvalue weighted by Gasteiger charge is 2.28. The predicted molar refractivity (Wildman–Crippen MR) is 109 cm³/mol. The summed E-state index contributed by atoms with van der Waals surface area (Å²) in [5.41, 5.74) is 5.72. The standard InChI is InChI=1S/C21H19F2N5O2S/c1-2-13-14(8-24)20(28-6-5-12(29)10-28)27-21(15(13)9-25)31-16-4-3-11(7-17(26)30)18(22)19(16)23/h3-4,12,29H,2,5-7,10H2,1H3,(H2,26,30)/t12-/m0/s1. The molecule has 1 aliphatic rings. The van der Waals surface area contributed by atoms with Crippen LogP contribution in [0.1, 0.15) is 35.6 Å². The number of primary amides is 1. The van der Waals surface area contributed by atoms with E-state index in [0.29, 0.717) is 30.8 Å². The van der Waals surface area contributed by atoms with Gasteiger partial charge in [-0.3, -0.25) is 4.79 Å². The Bertz CT molecular complexity index is 1130. The van der Waals surface area contributed by atoms with E-state index in [2.05, 4.69) is 11.1 Å². The summed E-state index contributed by atoms with van der Waals surface area (Å²) in [4.78, 5) is 17.1. The molecule has 31 heavy (non-hydrogen) atoms. The minimum atomic E-state index is -1.19. The minimum Gasteiger partial charge on any atom is -0.391 e. The van der Waals surface area contributed by atoms with Gasteiger partial charge in [0.2, 0.25) is 5.91 Å². The van der Waals surface area contributed by atoms with Crippen molar-refractivity contribution in [1.82, 2.24) is 4.98 Å². The monoisotopic (exact) mass is 443 g/mol. The number of aliphatic hydroxyl groups is 1. The first-order valence-electron chi connectivity index (χ1n) is 9.53. The third-order valence-electron chi connectivity index (χ3n) is 4.99. The number of hydrogen-bond donors (Lipinski definition) is 2. The van der Waals surface area contributed by atoms with Gasteiger partial charge in [0, 0.05) is 18.7 Å². The maximum absolute atomic E-state index is 14.7. The molecule has 3 N–H and O–H groups in total. The number of amides is 1. The maximum atomic E-state index is 14.7. The van der Waals surface area contributed by atoms with E-state index in [9.17, 15) is 29.2 Å². The van der Waals surface area contributed by atoms with Gasteiger partial charge in [0.1, 0.15) is 23.0 Å². The molecule has 10 heteroatoms. The van der Waals surface area contributed by atoms with E-state index in [1.54, 1.807) is 11.8 Å². The molecule has 1 atom stereocenters. The van der Waals surface area contributed by atoms with E-state index < -0.39 is 30.1 Å². The zero-order valence-electron chi connectivity index (χ0n) is 16.7. The van der Waals surface area contributed by atoms with Crippen molar-refractivity contribution in [3.8, 4) is 12.1 Å². The molecule has 3 rings (SSSR count). The highest BCUT2D eigenvalue weighted by Crippen LogP contribution is 2.38. The molecule has 1 aromatic heterocycles. The largest absolute Gasteiger partial charge is 0.391 e. The highest BCUT2D eigenvalue weighted by molar-refractivity contribution is 7.99. The zero-order valence-corrected chi connectivity index (χ0v) is 17.5.